The molecular formula is C25H35FN4O4S. The lowest BCUT2D eigenvalue weighted by atomic mass is 10.1. The third-order valence-electron chi connectivity index (χ3n) is 5.68. The van der Waals surface area contributed by atoms with E-state index in [1.165, 1.54) is 37.2 Å². The molecule has 1 N–H and O–H groups in total. The molecule has 0 radical (unpaired) electrons. The van der Waals surface area contributed by atoms with Gasteiger partial charge in [0.25, 0.3) is 0 Å². The second-order valence-electron chi connectivity index (χ2n) is 8.41. The molecule has 0 fully saturated rings. The third-order valence-corrected chi connectivity index (χ3v) is 7.48. The number of hydrogen-bond acceptors (Lipinski definition) is 4. The first-order valence-electron chi connectivity index (χ1n) is 11.6. The molecule has 35 heavy (non-hydrogen) atoms. The molecule has 2 aromatic carbocycles. The molecule has 192 valence electrons. The van der Waals surface area contributed by atoms with Gasteiger partial charge in [-0.05, 0) is 43.0 Å². The molecule has 0 unspecified atom stereocenters. The zero-order valence-corrected chi connectivity index (χ0v) is 21.8. The van der Waals surface area contributed by atoms with Crippen LogP contribution in [-0.2, 0) is 26.3 Å². The van der Waals surface area contributed by atoms with Crippen molar-refractivity contribution in [1.29, 1.82) is 0 Å². The van der Waals surface area contributed by atoms with Crippen molar-refractivity contribution in [2.45, 2.75) is 46.2 Å². The van der Waals surface area contributed by atoms with E-state index in [2.05, 4.69) is 5.32 Å². The van der Waals surface area contributed by atoms with Crippen LogP contribution in [0.3, 0.4) is 0 Å². The average Bonchev–Trinajstić information content (AvgIpc) is 2.82. The van der Waals surface area contributed by atoms with Crippen LogP contribution in [0.2, 0.25) is 0 Å². The van der Waals surface area contributed by atoms with Crippen LogP contribution in [0.15, 0.2) is 48.5 Å². The SMILES string of the molecule is CCCNC(=O)[C@H](CC)N(Cc1ccccc1C)C(=O)CN(c1ccccc1F)S(=O)(=O)N(C)C. The molecule has 8 nitrogen and oxygen atoms in total. The predicted molar refractivity (Wildman–Crippen MR) is 135 cm³/mol. The van der Waals surface area contributed by atoms with Gasteiger partial charge >= 0.3 is 10.2 Å². The van der Waals surface area contributed by atoms with Crippen molar-refractivity contribution < 1.29 is 22.4 Å². The Labute approximate surface area is 207 Å². The molecule has 0 saturated carbocycles. The minimum absolute atomic E-state index is 0.108. The zero-order valence-electron chi connectivity index (χ0n) is 21.0. The molecule has 0 aliphatic carbocycles. The molecule has 0 aliphatic rings. The number of nitrogens with zero attached hydrogens (tertiary/aromatic N) is 3. The minimum Gasteiger partial charge on any atom is -0.354 e. The molecule has 0 bridgehead atoms. The molecule has 0 aromatic heterocycles. The molecule has 0 aliphatic heterocycles. The predicted octanol–water partition coefficient (Wildman–Crippen LogP) is 3.08. The maximum Gasteiger partial charge on any atom is 0.304 e. The summed E-state index contributed by atoms with van der Waals surface area (Å²) in [6.45, 7) is 5.52. The Bertz CT molecular complexity index is 1120. The number of carbonyl (C=O) groups excluding carboxylic acids is 2. The number of anilines is 1. The van der Waals surface area contributed by atoms with E-state index in [0.717, 1.165) is 32.2 Å². The van der Waals surface area contributed by atoms with Gasteiger partial charge in [0.05, 0.1) is 5.69 Å². The quantitative estimate of drug-likeness (QED) is 0.479. The van der Waals surface area contributed by atoms with Crippen LogP contribution in [-0.4, -0.2) is 62.7 Å². The third kappa shape index (κ3) is 7.02. The summed E-state index contributed by atoms with van der Waals surface area (Å²) >= 11 is 0. The van der Waals surface area contributed by atoms with Crippen molar-refractivity contribution in [1.82, 2.24) is 14.5 Å². The highest BCUT2D eigenvalue weighted by Crippen LogP contribution is 2.24. The summed E-state index contributed by atoms with van der Waals surface area (Å²) < 4.78 is 42.5. The van der Waals surface area contributed by atoms with Crippen molar-refractivity contribution >= 4 is 27.7 Å². The lowest BCUT2D eigenvalue weighted by Gasteiger charge is -2.34. The number of carbonyl (C=O) groups is 2. The Morgan fingerprint density at radius 3 is 2.23 bits per heavy atom. The summed E-state index contributed by atoms with van der Waals surface area (Å²) in [5, 5.41) is 2.83. The van der Waals surface area contributed by atoms with Crippen molar-refractivity contribution in [3.05, 3.63) is 65.5 Å². The van der Waals surface area contributed by atoms with Gasteiger partial charge in [-0.2, -0.15) is 12.7 Å². The molecule has 2 amide bonds. The van der Waals surface area contributed by atoms with E-state index in [9.17, 15) is 22.4 Å². The van der Waals surface area contributed by atoms with Gasteiger partial charge in [-0.3, -0.25) is 9.59 Å². The van der Waals surface area contributed by atoms with Gasteiger partial charge in [-0.25, -0.2) is 8.70 Å². The second-order valence-corrected chi connectivity index (χ2v) is 10.5. The number of para-hydroxylation sites is 1. The van der Waals surface area contributed by atoms with Crippen LogP contribution in [0.5, 0.6) is 0 Å². The Morgan fingerprint density at radius 1 is 1.03 bits per heavy atom. The lowest BCUT2D eigenvalue weighted by molar-refractivity contribution is -0.140. The van der Waals surface area contributed by atoms with Crippen molar-refractivity contribution in [2.24, 2.45) is 0 Å². The van der Waals surface area contributed by atoms with Crippen LogP contribution in [0.1, 0.15) is 37.8 Å². The van der Waals surface area contributed by atoms with Crippen LogP contribution in [0.25, 0.3) is 0 Å². The van der Waals surface area contributed by atoms with Gasteiger partial charge in [0, 0.05) is 27.2 Å². The van der Waals surface area contributed by atoms with Crippen molar-refractivity contribution in [3.8, 4) is 0 Å². The molecule has 0 saturated heterocycles. The van der Waals surface area contributed by atoms with Gasteiger partial charge < -0.3 is 10.2 Å². The standard InChI is InChI=1S/C25H35FN4O4S/c1-6-16-27-25(32)22(7-2)29(17-20-13-9-8-12-19(20)3)24(31)18-30(35(33,34)28(4)5)23-15-11-10-14-21(23)26/h8-15,22H,6-7,16-18H2,1-5H3,(H,27,32)/t22-/m0/s1. The molecule has 2 aromatic rings. The molecule has 10 heteroatoms. The summed E-state index contributed by atoms with van der Waals surface area (Å²) in [4.78, 5) is 28.0. The van der Waals surface area contributed by atoms with E-state index < -0.39 is 34.5 Å². The highest BCUT2D eigenvalue weighted by molar-refractivity contribution is 7.90. The number of halogens is 1. The maximum absolute atomic E-state index is 14.7. The minimum atomic E-state index is -4.21. The van der Waals surface area contributed by atoms with E-state index in [1.807, 2.05) is 38.1 Å². The number of benzene rings is 2. The van der Waals surface area contributed by atoms with Crippen molar-refractivity contribution in [3.63, 3.8) is 0 Å². The summed E-state index contributed by atoms with van der Waals surface area (Å²) in [6.07, 6.45) is 1.06. The number of hydrogen-bond donors (Lipinski definition) is 1. The summed E-state index contributed by atoms with van der Waals surface area (Å²) in [7, 11) is -1.59. The van der Waals surface area contributed by atoms with Gasteiger partial charge in [-0.15, -0.1) is 0 Å². The first-order valence-corrected chi connectivity index (χ1v) is 13.0. The number of nitrogens with one attached hydrogen (secondary N) is 1. The fraction of sp³-hybridized carbons (Fsp3) is 0.440. The average molecular weight is 507 g/mol. The number of rotatable bonds is 12. The first kappa shape index (κ1) is 28.3. The van der Waals surface area contributed by atoms with E-state index in [-0.39, 0.29) is 18.1 Å². The van der Waals surface area contributed by atoms with Gasteiger partial charge in [0.15, 0.2) is 0 Å². The zero-order chi connectivity index (χ0) is 26.2. The largest absolute Gasteiger partial charge is 0.354 e. The number of amides is 2. The summed E-state index contributed by atoms with van der Waals surface area (Å²) in [6, 6.07) is 12.0. The highest BCUT2D eigenvalue weighted by atomic mass is 32.2. The second kappa shape index (κ2) is 12.6. The van der Waals surface area contributed by atoms with Gasteiger partial charge in [0.1, 0.15) is 18.4 Å². The smallest absolute Gasteiger partial charge is 0.304 e. The van der Waals surface area contributed by atoms with Crippen LogP contribution >= 0.6 is 0 Å². The normalized spacial score (nSPS) is 12.3. The van der Waals surface area contributed by atoms with Crippen LogP contribution in [0.4, 0.5) is 10.1 Å². The molecular weight excluding hydrogens is 471 g/mol. The van der Waals surface area contributed by atoms with E-state index >= 15 is 0 Å². The highest BCUT2D eigenvalue weighted by Gasteiger charge is 2.34. The Morgan fingerprint density at radius 2 is 1.66 bits per heavy atom. The molecule has 2 rings (SSSR count). The molecule has 0 heterocycles. The number of aryl methyl sites for hydroxylation is 1. The maximum atomic E-state index is 14.7. The summed E-state index contributed by atoms with van der Waals surface area (Å²) in [5.41, 5.74) is 1.52. The van der Waals surface area contributed by atoms with Crippen LogP contribution < -0.4 is 9.62 Å². The van der Waals surface area contributed by atoms with Crippen molar-refractivity contribution in [2.75, 3.05) is 31.5 Å². The Hall–Kier alpha value is -2.98. The van der Waals surface area contributed by atoms with E-state index in [0.29, 0.717) is 13.0 Å². The van der Waals surface area contributed by atoms with Gasteiger partial charge in [-0.1, -0.05) is 50.2 Å². The van der Waals surface area contributed by atoms with E-state index in [1.54, 1.807) is 6.92 Å². The molecule has 1 atom stereocenters. The molecule has 0 spiro atoms. The van der Waals surface area contributed by atoms with E-state index in [4.69, 9.17) is 0 Å². The Kier molecular flexibility index (Phi) is 10.2. The lowest BCUT2D eigenvalue weighted by Crippen LogP contribution is -2.53. The fourth-order valence-electron chi connectivity index (χ4n) is 3.61. The van der Waals surface area contributed by atoms with Crippen LogP contribution in [0, 0.1) is 12.7 Å². The first-order chi connectivity index (χ1) is 16.5. The fourth-order valence-corrected chi connectivity index (χ4v) is 4.68. The monoisotopic (exact) mass is 506 g/mol. The topological polar surface area (TPSA) is 90.0 Å². The summed E-state index contributed by atoms with van der Waals surface area (Å²) in [5.74, 6) is -1.70. The van der Waals surface area contributed by atoms with Gasteiger partial charge in [0.2, 0.25) is 11.8 Å². The Balaban J connectivity index is 2.52.